The lowest BCUT2D eigenvalue weighted by Gasteiger charge is -2.31. The molecule has 20 heavy (non-hydrogen) atoms. The number of thioether (sulfide) groups is 1. The molecule has 1 N–H and O–H groups in total. The van der Waals surface area contributed by atoms with Crippen molar-refractivity contribution in [1.82, 2.24) is 5.32 Å². The van der Waals surface area contributed by atoms with E-state index in [1.165, 1.54) is 30.6 Å². The zero-order valence-corrected chi connectivity index (χ0v) is 14.2. The van der Waals surface area contributed by atoms with Gasteiger partial charge in [-0.1, -0.05) is 51.1 Å². The average molecular weight is 292 g/mol. The summed E-state index contributed by atoms with van der Waals surface area (Å²) in [4.78, 5) is 0. The van der Waals surface area contributed by atoms with Gasteiger partial charge in [0.05, 0.1) is 0 Å². The molecule has 1 aliphatic heterocycles. The van der Waals surface area contributed by atoms with Gasteiger partial charge in [0.2, 0.25) is 0 Å². The summed E-state index contributed by atoms with van der Waals surface area (Å²) >= 11 is 2.14. The van der Waals surface area contributed by atoms with Crippen LogP contribution in [0.3, 0.4) is 0 Å². The average Bonchev–Trinajstić information content (AvgIpc) is 2.82. The van der Waals surface area contributed by atoms with E-state index < -0.39 is 0 Å². The predicted octanol–water partition coefficient (Wildman–Crippen LogP) is 5.04. The van der Waals surface area contributed by atoms with Crippen LogP contribution in [-0.4, -0.2) is 17.0 Å². The molecule has 0 bridgehead atoms. The number of rotatable bonds is 5. The van der Waals surface area contributed by atoms with Gasteiger partial charge in [-0.2, -0.15) is 11.8 Å². The van der Waals surface area contributed by atoms with Crippen molar-refractivity contribution in [2.24, 2.45) is 5.41 Å². The van der Waals surface area contributed by atoms with E-state index in [0.717, 1.165) is 6.54 Å². The van der Waals surface area contributed by atoms with E-state index in [9.17, 15) is 0 Å². The standard InChI is InChI=1S/C18H29NS/c1-17(2,3)13-16(15-9-6-5-7-10-15)19-14-18(4)11-8-12-20-18/h5-7,9-10,16,19H,8,11-14H2,1-4H3. The normalized spacial score (nSPS) is 24.8. The van der Waals surface area contributed by atoms with Gasteiger partial charge in [0.15, 0.2) is 0 Å². The zero-order valence-electron chi connectivity index (χ0n) is 13.4. The molecule has 1 fully saturated rings. The molecule has 112 valence electrons. The van der Waals surface area contributed by atoms with Crippen LogP contribution in [0.1, 0.15) is 58.6 Å². The SMILES string of the molecule is CC(C)(C)CC(NCC1(C)CCCS1)c1ccccc1. The topological polar surface area (TPSA) is 12.0 Å². The number of hydrogen-bond donors (Lipinski definition) is 1. The molecule has 0 amide bonds. The molecule has 1 aliphatic rings. The quantitative estimate of drug-likeness (QED) is 0.815. The monoisotopic (exact) mass is 291 g/mol. The molecule has 1 nitrogen and oxygen atoms in total. The van der Waals surface area contributed by atoms with Crippen LogP contribution in [0.15, 0.2) is 30.3 Å². The van der Waals surface area contributed by atoms with Gasteiger partial charge in [-0.05, 0) is 42.9 Å². The summed E-state index contributed by atoms with van der Waals surface area (Å²) in [5, 5.41) is 3.85. The first-order valence-corrected chi connectivity index (χ1v) is 8.79. The molecule has 0 radical (unpaired) electrons. The number of hydrogen-bond acceptors (Lipinski definition) is 2. The Morgan fingerprint density at radius 3 is 2.50 bits per heavy atom. The lowest BCUT2D eigenvalue weighted by molar-refractivity contribution is 0.305. The van der Waals surface area contributed by atoms with E-state index in [-0.39, 0.29) is 0 Å². The van der Waals surface area contributed by atoms with E-state index in [0.29, 0.717) is 16.2 Å². The van der Waals surface area contributed by atoms with Gasteiger partial charge >= 0.3 is 0 Å². The maximum atomic E-state index is 3.85. The van der Waals surface area contributed by atoms with Crippen molar-refractivity contribution in [2.45, 2.75) is 57.7 Å². The Bertz CT molecular complexity index is 401. The molecule has 1 heterocycles. The van der Waals surface area contributed by atoms with Crippen molar-refractivity contribution < 1.29 is 0 Å². The molecule has 1 aromatic carbocycles. The second-order valence-corrected chi connectivity index (χ2v) is 9.19. The highest BCUT2D eigenvalue weighted by Gasteiger charge is 2.30. The van der Waals surface area contributed by atoms with Crippen molar-refractivity contribution >= 4 is 11.8 Å². The van der Waals surface area contributed by atoms with Crippen molar-refractivity contribution in [3.05, 3.63) is 35.9 Å². The fourth-order valence-corrected chi connectivity index (χ4v) is 4.18. The fourth-order valence-electron chi connectivity index (χ4n) is 2.92. The molecule has 0 saturated carbocycles. The summed E-state index contributed by atoms with van der Waals surface area (Å²) < 4.78 is 0.435. The summed E-state index contributed by atoms with van der Waals surface area (Å²) in [6.45, 7) is 10.5. The molecule has 2 rings (SSSR count). The molecule has 1 saturated heterocycles. The Morgan fingerprint density at radius 2 is 1.95 bits per heavy atom. The molecule has 0 aromatic heterocycles. The smallest absolute Gasteiger partial charge is 0.0325 e. The largest absolute Gasteiger partial charge is 0.309 e. The molecular weight excluding hydrogens is 262 g/mol. The highest BCUT2D eigenvalue weighted by Crippen LogP contribution is 2.38. The van der Waals surface area contributed by atoms with E-state index in [1.807, 2.05) is 0 Å². The van der Waals surface area contributed by atoms with Gasteiger partial charge in [-0.15, -0.1) is 0 Å². The van der Waals surface area contributed by atoms with Crippen LogP contribution in [0.25, 0.3) is 0 Å². The summed E-state index contributed by atoms with van der Waals surface area (Å²) in [6.07, 6.45) is 3.90. The van der Waals surface area contributed by atoms with Crippen molar-refractivity contribution in [2.75, 3.05) is 12.3 Å². The fraction of sp³-hybridized carbons (Fsp3) is 0.667. The van der Waals surface area contributed by atoms with Crippen molar-refractivity contribution in [3.8, 4) is 0 Å². The number of benzene rings is 1. The molecular formula is C18H29NS. The van der Waals surface area contributed by atoms with Crippen molar-refractivity contribution in [1.29, 1.82) is 0 Å². The lowest BCUT2D eigenvalue weighted by atomic mass is 9.85. The van der Waals surface area contributed by atoms with Gasteiger partial charge in [0, 0.05) is 17.3 Å². The maximum absolute atomic E-state index is 3.85. The molecule has 2 unspecified atom stereocenters. The Labute approximate surface area is 128 Å². The zero-order chi connectivity index (χ0) is 14.6. The minimum absolute atomic E-state index is 0.344. The third-order valence-corrected chi connectivity index (χ3v) is 5.58. The molecule has 0 aliphatic carbocycles. The minimum Gasteiger partial charge on any atom is -0.309 e. The highest BCUT2D eigenvalue weighted by atomic mass is 32.2. The van der Waals surface area contributed by atoms with Crippen LogP contribution in [0, 0.1) is 5.41 Å². The van der Waals surface area contributed by atoms with Gasteiger partial charge in [0.1, 0.15) is 0 Å². The van der Waals surface area contributed by atoms with E-state index in [4.69, 9.17) is 0 Å². The van der Waals surface area contributed by atoms with Crippen molar-refractivity contribution in [3.63, 3.8) is 0 Å². The molecule has 0 spiro atoms. The van der Waals surface area contributed by atoms with E-state index in [1.54, 1.807) is 0 Å². The van der Waals surface area contributed by atoms with Gasteiger partial charge in [-0.25, -0.2) is 0 Å². The van der Waals surface area contributed by atoms with Crippen LogP contribution in [0.4, 0.5) is 0 Å². The maximum Gasteiger partial charge on any atom is 0.0325 e. The third-order valence-electron chi connectivity index (χ3n) is 4.04. The Morgan fingerprint density at radius 1 is 1.25 bits per heavy atom. The summed E-state index contributed by atoms with van der Waals surface area (Å²) in [5.41, 5.74) is 1.77. The Hall–Kier alpha value is -0.470. The first kappa shape index (κ1) is 15.9. The Balaban J connectivity index is 2.03. The molecule has 1 aromatic rings. The van der Waals surface area contributed by atoms with E-state index >= 15 is 0 Å². The van der Waals surface area contributed by atoms with Crippen LogP contribution in [-0.2, 0) is 0 Å². The minimum atomic E-state index is 0.344. The first-order chi connectivity index (χ1) is 9.38. The third kappa shape index (κ3) is 4.82. The Kier molecular flexibility index (Phi) is 5.19. The van der Waals surface area contributed by atoms with Gasteiger partial charge < -0.3 is 5.32 Å². The molecule has 2 atom stereocenters. The van der Waals surface area contributed by atoms with Gasteiger partial charge in [0.25, 0.3) is 0 Å². The van der Waals surface area contributed by atoms with Crippen LogP contribution in [0.5, 0.6) is 0 Å². The lowest BCUT2D eigenvalue weighted by Crippen LogP contribution is -2.36. The highest BCUT2D eigenvalue weighted by molar-refractivity contribution is 8.00. The second kappa shape index (κ2) is 6.53. The second-order valence-electron chi connectivity index (χ2n) is 7.51. The van der Waals surface area contributed by atoms with Crippen LogP contribution < -0.4 is 5.32 Å². The predicted molar refractivity (Wildman–Crippen MR) is 91.4 cm³/mol. The molecule has 2 heteroatoms. The van der Waals surface area contributed by atoms with E-state index in [2.05, 4.69) is 75.1 Å². The van der Waals surface area contributed by atoms with Crippen LogP contribution >= 0.6 is 11.8 Å². The van der Waals surface area contributed by atoms with Gasteiger partial charge in [-0.3, -0.25) is 0 Å². The first-order valence-electron chi connectivity index (χ1n) is 7.80. The number of nitrogens with one attached hydrogen (secondary N) is 1. The summed E-state index contributed by atoms with van der Waals surface area (Å²) in [5.74, 6) is 1.33. The summed E-state index contributed by atoms with van der Waals surface area (Å²) in [6, 6.07) is 11.4. The van der Waals surface area contributed by atoms with Crippen LogP contribution in [0.2, 0.25) is 0 Å². The summed E-state index contributed by atoms with van der Waals surface area (Å²) in [7, 11) is 0.